The van der Waals surface area contributed by atoms with E-state index in [0.717, 1.165) is 27.5 Å². The highest BCUT2D eigenvalue weighted by Gasteiger charge is 2.26. The number of nitrogens with one attached hydrogen (secondary N) is 2. The van der Waals surface area contributed by atoms with Crippen LogP contribution in [0.15, 0.2) is 66.7 Å². The number of carbonyl (C=O) groups excluding carboxylic acids is 3. The van der Waals surface area contributed by atoms with Gasteiger partial charge < -0.3 is 24.8 Å². The summed E-state index contributed by atoms with van der Waals surface area (Å²) in [5.41, 5.74) is 1.89. The van der Waals surface area contributed by atoms with Gasteiger partial charge in [0.2, 0.25) is 0 Å². The molecule has 0 heterocycles. The molecule has 0 saturated heterocycles. The monoisotopic (exact) mass is 530 g/mol. The van der Waals surface area contributed by atoms with Crippen molar-refractivity contribution in [1.29, 1.82) is 0 Å². The molecule has 0 aliphatic heterocycles. The smallest absolute Gasteiger partial charge is 0.408 e. The maximum Gasteiger partial charge on any atom is 0.408 e. The van der Waals surface area contributed by atoms with Gasteiger partial charge in [0.15, 0.2) is 0 Å². The molecule has 0 radical (unpaired) electrons. The zero-order valence-corrected chi connectivity index (χ0v) is 22.7. The van der Waals surface area contributed by atoms with Crippen LogP contribution in [0.5, 0.6) is 0 Å². The lowest BCUT2D eigenvalue weighted by atomic mass is 9.95. The molecule has 0 unspecified atom stereocenters. The van der Waals surface area contributed by atoms with Crippen LogP contribution in [0.2, 0.25) is 0 Å². The van der Waals surface area contributed by atoms with E-state index in [1.54, 1.807) is 20.8 Å². The van der Waals surface area contributed by atoms with Crippen molar-refractivity contribution in [3.63, 3.8) is 0 Å². The summed E-state index contributed by atoms with van der Waals surface area (Å²) in [7, 11) is 1.28. The van der Waals surface area contributed by atoms with E-state index in [4.69, 9.17) is 14.2 Å². The van der Waals surface area contributed by atoms with Crippen molar-refractivity contribution in [1.82, 2.24) is 10.6 Å². The number of alkyl carbamates (subject to hydrolysis) is 2. The Balaban J connectivity index is 1.64. The second-order valence-corrected chi connectivity index (χ2v) is 9.78. The van der Waals surface area contributed by atoms with Crippen molar-refractivity contribution < 1.29 is 28.6 Å². The minimum Gasteiger partial charge on any atom is -0.467 e. The van der Waals surface area contributed by atoms with Gasteiger partial charge in [-0.1, -0.05) is 72.5 Å². The Hall–Kier alpha value is -4.51. The van der Waals surface area contributed by atoms with Crippen molar-refractivity contribution in [2.75, 3.05) is 13.7 Å². The van der Waals surface area contributed by atoms with E-state index in [1.165, 1.54) is 7.11 Å². The second kappa shape index (κ2) is 13.9. The number of rotatable bonds is 8. The van der Waals surface area contributed by atoms with E-state index in [-0.39, 0.29) is 13.0 Å². The number of esters is 1. The SMILES string of the molecule is COC(=O)[C@H](Cc1ccc(C#CCCNC(=O)OCc2ccccc2)c2ccccc12)NC(=O)OC(C)(C)C. The molecule has 0 aliphatic carbocycles. The standard InChI is InChI=1S/C31H34N2O6/c1-31(2,3)39-30(36)33-27(28(34)37-4)20-24-18-17-23(25-15-8-9-16-26(24)25)14-10-11-19-32-29(35)38-21-22-12-6-5-7-13-22/h5-9,12-13,15-18,27H,11,19-21H2,1-4H3,(H,32,35)(H,33,36)/t27-/m0/s1. The second-order valence-electron chi connectivity index (χ2n) is 9.78. The highest BCUT2D eigenvalue weighted by atomic mass is 16.6. The van der Waals surface area contributed by atoms with E-state index >= 15 is 0 Å². The van der Waals surface area contributed by atoms with E-state index in [0.29, 0.717) is 13.0 Å². The first kappa shape index (κ1) is 29.1. The van der Waals surface area contributed by atoms with Crippen molar-refractivity contribution in [2.45, 2.75) is 51.9 Å². The molecule has 2 amide bonds. The fraction of sp³-hybridized carbons (Fsp3) is 0.323. The predicted molar refractivity (Wildman–Crippen MR) is 149 cm³/mol. The van der Waals surface area contributed by atoms with Gasteiger partial charge in [-0.15, -0.1) is 0 Å². The number of fused-ring (bicyclic) bond motifs is 1. The van der Waals surface area contributed by atoms with Crippen molar-refractivity contribution >= 4 is 28.9 Å². The summed E-state index contributed by atoms with van der Waals surface area (Å²) >= 11 is 0. The molecule has 8 heteroatoms. The highest BCUT2D eigenvalue weighted by Crippen LogP contribution is 2.24. The predicted octanol–water partition coefficient (Wildman–Crippen LogP) is 5.12. The van der Waals surface area contributed by atoms with Crippen LogP contribution < -0.4 is 10.6 Å². The number of hydrogen-bond acceptors (Lipinski definition) is 6. The van der Waals surface area contributed by atoms with Crippen LogP contribution in [0.25, 0.3) is 10.8 Å². The number of hydrogen-bond donors (Lipinski definition) is 2. The Morgan fingerprint density at radius 1 is 0.897 bits per heavy atom. The number of methoxy groups -OCH3 is 1. The average Bonchev–Trinajstić information content (AvgIpc) is 2.91. The molecule has 0 saturated carbocycles. The summed E-state index contributed by atoms with van der Waals surface area (Å²) in [6, 6.07) is 20.0. The number of benzene rings is 3. The lowest BCUT2D eigenvalue weighted by Gasteiger charge is -2.23. The first-order valence-electron chi connectivity index (χ1n) is 12.7. The van der Waals surface area contributed by atoms with Crippen LogP contribution in [0.3, 0.4) is 0 Å². The molecule has 3 aromatic rings. The molecule has 1 atom stereocenters. The van der Waals surface area contributed by atoms with Crippen LogP contribution >= 0.6 is 0 Å². The molecular weight excluding hydrogens is 496 g/mol. The van der Waals surface area contributed by atoms with Crippen LogP contribution in [-0.2, 0) is 32.0 Å². The molecule has 204 valence electrons. The lowest BCUT2D eigenvalue weighted by Crippen LogP contribution is -2.45. The van der Waals surface area contributed by atoms with Gasteiger partial charge in [-0.2, -0.15) is 0 Å². The van der Waals surface area contributed by atoms with Gasteiger partial charge in [0.1, 0.15) is 18.2 Å². The van der Waals surface area contributed by atoms with Gasteiger partial charge >= 0.3 is 18.2 Å². The first-order chi connectivity index (χ1) is 18.7. The Morgan fingerprint density at radius 2 is 1.59 bits per heavy atom. The van der Waals surface area contributed by atoms with Gasteiger partial charge in [0.05, 0.1) is 7.11 Å². The Morgan fingerprint density at radius 3 is 2.28 bits per heavy atom. The Bertz CT molecular complexity index is 1350. The molecule has 2 N–H and O–H groups in total. The highest BCUT2D eigenvalue weighted by molar-refractivity contribution is 5.92. The largest absolute Gasteiger partial charge is 0.467 e. The van der Waals surface area contributed by atoms with E-state index in [2.05, 4.69) is 22.5 Å². The van der Waals surface area contributed by atoms with E-state index < -0.39 is 29.8 Å². The van der Waals surface area contributed by atoms with Crippen LogP contribution in [-0.4, -0.2) is 43.5 Å². The van der Waals surface area contributed by atoms with Crippen molar-refractivity contribution in [3.8, 4) is 11.8 Å². The summed E-state index contributed by atoms with van der Waals surface area (Å²) in [5, 5.41) is 7.14. The van der Waals surface area contributed by atoms with Crippen LogP contribution in [0, 0.1) is 11.8 Å². The molecule has 0 aromatic heterocycles. The average molecular weight is 531 g/mol. The molecule has 8 nitrogen and oxygen atoms in total. The van der Waals surface area contributed by atoms with Gasteiger partial charge in [-0.25, -0.2) is 14.4 Å². The molecule has 3 rings (SSSR count). The summed E-state index contributed by atoms with van der Waals surface area (Å²) in [6.45, 7) is 5.82. The van der Waals surface area contributed by atoms with Crippen LogP contribution in [0.1, 0.15) is 43.9 Å². The fourth-order valence-electron chi connectivity index (χ4n) is 3.81. The Labute approximate surface area is 229 Å². The van der Waals surface area contributed by atoms with Gasteiger partial charge in [0, 0.05) is 24.9 Å². The maximum atomic E-state index is 12.4. The zero-order valence-electron chi connectivity index (χ0n) is 22.7. The molecular formula is C31H34N2O6. The fourth-order valence-corrected chi connectivity index (χ4v) is 3.81. The number of ether oxygens (including phenoxy) is 3. The van der Waals surface area contributed by atoms with Crippen LogP contribution in [0.4, 0.5) is 9.59 Å². The first-order valence-corrected chi connectivity index (χ1v) is 12.7. The topological polar surface area (TPSA) is 103 Å². The normalized spacial score (nSPS) is 11.5. The van der Waals surface area contributed by atoms with Crippen molar-refractivity contribution in [2.24, 2.45) is 0 Å². The zero-order chi connectivity index (χ0) is 28.3. The third-order valence-electron chi connectivity index (χ3n) is 5.57. The third-order valence-corrected chi connectivity index (χ3v) is 5.57. The summed E-state index contributed by atoms with van der Waals surface area (Å²) < 4.78 is 15.4. The molecule has 3 aromatic carbocycles. The molecule has 39 heavy (non-hydrogen) atoms. The van der Waals surface area contributed by atoms with E-state index in [1.807, 2.05) is 66.7 Å². The Kier molecular flexibility index (Phi) is 10.3. The van der Waals surface area contributed by atoms with Gasteiger partial charge in [0.25, 0.3) is 0 Å². The minimum absolute atomic E-state index is 0.209. The molecule has 0 bridgehead atoms. The lowest BCUT2D eigenvalue weighted by molar-refractivity contribution is -0.143. The molecule has 0 fully saturated rings. The van der Waals surface area contributed by atoms with E-state index in [9.17, 15) is 14.4 Å². The summed E-state index contributed by atoms with van der Waals surface area (Å²) in [6.07, 6.45) is -0.520. The minimum atomic E-state index is -0.919. The van der Waals surface area contributed by atoms with Gasteiger partial charge in [-0.3, -0.25) is 0 Å². The number of carbonyl (C=O) groups is 3. The van der Waals surface area contributed by atoms with Crippen molar-refractivity contribution in [3.05, 3.63) is 83.4 Å². The maximum absolute atomic E-state index is 12.4. The number of amides is 2. The summed E-state index contributed by atoms with van der Waals surface area (Å²) in [4.78, 5) is 36.7. The summed E-state index contributed by atoms with van der Waals surface area (Å²) in [5.74, 6) is 5.69. The molecule has 0 aliphatic rings. The quantitative estimate of drug-likeness (QED) is 0.181. The van der Waals surface area contributed by atoms with Gasteiger partial charge in [-0.05, 0) is 48.7 Å². The molecule has 0 spiro atoms. The third kappa shape index (κ3) is 9.38.